The van der Waals surface area contributed by atoms with Crippen LogP contribution in [0.2, 0.25) is 0 Å². The Balaban J connectivity index is 2.07. The van der Waals surface area contributed by atoms with Crippen molar-refractivity contribution in [3.05, 3.63) is 41.7 Å². The average Bonchev–Trinajstić information content (AvgIpc) is 2.73. The summed E-state index contributed by atoms with van der Waals surface area (Å²) in [6, 6.07) is 7.10. The third kappa shape index (κ3) is 4.53. The summed E-state index contributed by atoms with van der Waals surface area (Å²) in [5, 5.41) is 14.9. The number of phenols is 1. The molecule has 8 heteroatoms. The topological polar surface area (TPSA) is 98.1 Å². The van der Waals surface area contributed by atoms with Crippen molar-refractivity contribution in [1.29, 1.82) is 0 Å². The average molecular weight is 410 g/mol. The predicted octanol–water partition coefficient (Wildman–Crippen LogP) is 4.29. The molecular formula is C22H26N4O4. The summed E-state index contributed by atoms with van der Waals surface area (Å²) in [5.41, 5.74) is 5.18. The minimum Gasteiger partial charge on any atom is -0.507 e. The molecule has 158 valence electrons. The third-order valence-electron chi connectivity index (χ3n) is 4.24. The highest BCUT2D eigenvalue weighted by atomic mass is 16.5. The summed E-state index contributed by atoms with van der Waals surface area (Å²) in [5.74, 6) is 2.17. The SMILES string of the molecule is CCOc1cc2ncnc(N/N=C/c3cc(C)ccc3O)c2c(OCC)c1OCC. The van der Waals surface area contributed by atoms with Crippen molar-refractivity contribution in [3.8, 4) is 23.0 Å². The zero-order valence-corrected chi connectivity index (χ0v) is 17.6. The van der Waals surface area contributed by atoms with E-state index in [4.69, 9.17) is 14.2 Å². The van der Waals surface area contributed by atoms with Gasteiger partial charge in [-0.1, -0.05) is 11.6 Å². The fourth-order valence-electron chi connectivity index (χ4n) is 3.00. The number of nitrogens with one attached hydrogen (secondary N) is 1. The molecule has 0 atom stereocenters. The molecule has 2 aromatic carbocycles. The molecule has 3 aromatic rings. The molecule has 2 N–H and O–H groups in total. The van der Waals surface area contributed by atoms with E-state index < -0.39 is 0 Å². The molecular weight excluding hydrogens is 384 g/mol. The number of phenolic OH excluding ortho intramolecular Hbond substituents is 1. The molecule has 0 amide bonds. The number of anilines is 1. The Hall–Kier alpha value is -3.55. The molecule has 0 unspecified atom stereocenters. The first-order chi connectivity index (χ1) is 14.6. The van der Waals surface area contributed by atoms with Gasteiger partial charge in [-0.2, -0.15) is 5.10 Å². The van der Waals surface area contributed by atoms with Crippen LogP contribution in [0.3, 0.4) is 0 Å². The molecule has 3 rings (SSSR count). The van der Waals surface area contributed by atoms with E-state index in [1.807, 2.05) is 39.8 Å². The van der Waals surface area contributed by atoms with Gasteiger partial charge >= 0.3 is 0 Å². The van der Waals surface area contributed by atoms with E-state index in [0.29, 0.717) is 59.4 Å². The molecule has 8 nitrogen and oxygen atoms in total. The van der Waals surface area contributed by atoms with Crippen LogP contribution in [0.15, 0.2) is 35.7 Å². The van der Waals surface area contributed by atoms with Crippen molar-refractivity contribution in [2.24, 2.45) is 5.10 Å². The van der Waals surface area contributed by atoms with E-state index in [1.165, 1.54) is 12.5 Å². The van der Waals surface area contributed by atoms with Gasteiger partial charge in [0.25, 0.3) is 0 Å². The second-order valence-corrected chi connectivity index (χ2v) is 6.38. The number of aryl methyl sites for hydroxylation is 1. The number of nitrogens with zero attached hydrogens (tertiary/aromatic N) is 3. The predicted molar refractivity (Wildman–Crippen MR) is 117 cm³/mol. The molecule has 0 fully saturated rings. The monoisotopic (exact) mass is 410 g/mol. The summed E-state index contributed by atoms with van der Waals surface area (Å²) in [7, 11) is 0. The summed E-state index contributed by atoms with van der Waals surface area (Å²) >= 11 is 0. The molecule has 0 saturated heterocycles. The number of ether oxygens (including phenoxy) is 3. The Kier molecular flexibility index (Phi) is 6.90. The number of rotatable bonds is 9. The summed E-state index contributed by atoms with van der Waals surface area (Å²) in [6.07, 6.45) is 2.98. The Labute approximate surface area is 175 Å². The van der Waals surface area contributed by atoms with Gasteiger partial charge in [0.15, 0.2) is 17.3 Å². The van der Waals surface area contributed by atoms with Crippen molar-refractivity contribution < 1.29 is 19.3 Å². The molecule has 0 aliphatic heterocycles. The van der Waals surface area contributed by atoms with Gasteiger partial charge in [0, 0.05) is 11.6 Å². The minimum atomic E-state index is 0.147. The van der Waals surface area contributed by atoms with E-state index in [9.17, 15) is 5.11 Å². The summed E-state index contributed by atoms with van der Waals surface area (Å²) < 4.78 is 17.5. The van der Waals surface area contributed by atoms with Crippen LogP contribution in [-0.4, -0.2) is 41.1 Å². The largest absolute Gasteiger partial charge is 0.507 e. The van der Waals surface area contributed by atoms with Crippen LogP contribution in [0.25, 0.3) is 10.9 Å². The van der Waals surface area contributed by atoms with Crippen LogP contribution in [0.4, 0.5) is 5.82 Å². The third-order valence-corrected chi connectivity index (χ3v) is 4.24. The Morgan fingerprint density at radius 2 is 1.73 bits per heavy atom. The molecule has 0 spiro atoms. The molecule has 0 bridgehead atoms. The maximum atomic E-state index is 10.00. The number of hydrogen-bond donors (Lipinski definition) is 2. The molecule has 1 heterocycles. The molecule has 0 saturated carbocycles. The first-order valence-electron chi connectivity index (χ1n) is 9.87. The molecule has 1 aromatic heterocycles. The lowest BCUT2D eigenvalue weighted by Crippen LogP contribution is -2.05. The lowest BCUT2D eigenvalue weighted by atomic mass is 10.1. The zero-order valence-electron chi connectivity index (χ0n) is 17.6. The Bertz CT molecular complexity index is 1050. The van der Waals surface area contributed by atoms with Crippen molar-refractivity contribution in [3.63, 3.8) is 0 Å². The lowest BCUT2D eigenvalue weighted by Gasteiger charge is -2.18. The Morgan fingerprint density at radius 3 is 2.47 bits per heavy atom. The highest BCUT2D eigenvalue weighted by Crippen LogP contribution is 2.45. The fourth-order valence-corrected chi connectivity index (χ4v) is 3.00. The van der Waals surface area contributed by atoms with Gasteiger partial charge < -0.3 is 19.3 Å². The summed E-state index contributed by atoms with van der Waals surface area (Å²) in [4.78, 5) is 8.69. The van der Waals surface area contributed by atoms with Crippen LogP contribution in [0.5, 0.6) is 23.0 Å². The highest BCUT2D eigenvalue weighted by Gasteiger charge is 2.21. The zero-order chi connectivity index (χ0) is 21.5. The summed E-state index contributed by atoms with van der Waals surface area (Å²) in [6.45, 7) is 9.01. The second-order valence-electron chi connectivity index (χ2n) is 6.38. The van der Waals surface area contributed by atoms with Crippen LogP contribution in [-0.2, 0) is 0 Å². The van der Waals surface area contributed by atoms with Crippen LogP contribution >= 0.6 is 0 Å². The van der Waals surface area contributed by atoms with E-state index in [0.717, 1.165) is 5.56 Å². The van der Waals surface area contributed by atoms with Gasteiger partial charge in [-0.05, 0) is 39.8 Å². The normalized spacial score (nSPS) is 11.1. The molecule has 0 radical (unpaired) electrons. The molecule has 0 aliphatic rings. The van der Waals surface area contributed by atoms with Gasteiger partial charge in [0.05, 0.1) is 36.9 Å². The fraction of sp³-hybridized carbons (Fsp3) is 0.318. The number of hydrogen-bond acceptors (Lipinski definition) is 8. The van der Waals surface area contributed by atoms with Gasteiger partial charge in [-0.3, -0.25) is 5.43 Å². The van der Waals surface area contributed by atoms with Crippen molar-refractivity contribution in [2.45, 2.75) is 27.7 Å². The number of benzene rings is 2. The van der Waals surface area contributed by atoms with Crippen LogP contribution < -0.4 is 19.6 Å². The first kappa shape index (κ1) is 21.2. The van der Waals surface area contributed by atoms with Gasteiger partial charge in [-0.25, -0.2) is 9.97 Å². The van der Waals surface area contributed by atoms with Gasteiger partial charge in [-0.15, -0.1) is 0 Å². The number of hydrazone groups is 1. The lowest BCUT2D eigenvalue weighted by molar-refractivity contribution is 0.263. The first-order valence-corrected chi connectivity index (χ1v) is 9.87. The standard InChI is InChI=1S/C22H26N4O4/c1-5-28-18-11-16-19(21(30-7-3)20(18)29-6-2)22(24-13-23-16)26-25-12-15-10-14(4)8-9-17(15)27/h8-13,27H,5-7H2,1-4H3,(H,23,24,26)/b25-12+. The van der Waals surface area contributed by atoms with E-state index in [2.05, 4.69) is 20.5 Å². The smallest absolute Gasteiger partial charge is 0.204 e. The van der Waals surface area contributed by atoms with Crippen LogP contribution in [0.1, 0.15) is 31.9 Å². The van der Waals surface area contributed by atoms with Gasteiger partial charge in [0.2, 0.25) is 5.75 Å². The second kappa shape index (κ2) is 9.78. The van der Waals surface area contributed by atoms with E-state index in [-0.39, 0.29) is 5.75 Å². The van der Waals surface area contributed by atoms with Crippen LogP contribution in [0, 0.1) is 6.92 Å². The van der Waals surface area contributed by atoms with Crippen molar-refractivity contribution in [1.82, 2.24) is 9.97 Å². The van der Waals surface area contributed by atoms with Crippen molar-refractivity contribution in [2.75, 3.05) is 25.2 Å². The Morgan fingerprint density at radius 1 is 1.00 bits per heavy atom. The van der Waals surface area contributed by atoms with Crippen molar-refractivity contribution >= 4 is 22.9 Å². The minimum absolute atomic E-state index is 0.147. The van der Waals surface area contributed by atoms with Gasteiger partial charge in [0.1, 0.15) is 12.1 Å². The maximum absolute atomic E-state index is 10.00. The number of aromatic nitrogens is 2. The number of aromatic hydroxyl groups is 1. The highest BCUT2D eigenvalue weighted by molar-refractivity contribution is 5.98. The molecule has 30 heavy (non-hydrogen) atoms. The maximum Gasteiger partial charge on any atom is 0.204 e. The number of fused-ring (bicyclic) bond motifs is 1. The quantitative estimate of drug-likeness (QED) is 0.401. The molecule has 0 aliphatic carbocycles. The van der Waals surface area contributed by atoms with E-state index in [1.54, 1.807) is 12.1 Å². The van der Waals surface area contributed by atoms with E-state index >= 15 is 0 Å².